The van der Waals surface area contributed by atoms with Crippen LogP contribution in [0.4, 0.5) is 0 Å². The number of hydrogen-bond donors (Lipinski definition) is 1. The number of benzene rings is 1. The highest BCUT2D eigenvalue weighted by Crippen LogP contribution is 2.36. The second kappa shape index (κ2) is 8.52. The Hall–Kier alpha value is -2.80. The molecule has 1 saturated heterocycles. The van der Waals surface area contributed by atoms with Crippen molar-refractivity contribution in [2.24, 2.45) is 5.92 Å². The van der Waals surface area contributed by atoms with E-state index in [4.69, 9.17) is 9.47 Å². The summed E-state index contributed by atoms with van der Waals surface area (Å²) in [6.45, 7) is 7.73. The van der Waals surface area contributed by atoms with Gasteiger partial charge in [-0.15, -0.1) is 0 Å². The molecule has 0 amide bonds. The minimum atomic E-state index is -0.106. The average Bonchev–Trinajstić information content (AvgIpc) is 3.16. The molecule has 1 aromatic carbocycles. The van der Waals surface area contributed by atoms with Crippen molar-refractivity contribution in [2.45, 2.75) is 32.6 Å². The lowest BCUT2D eigenvalue weighted by atomic mass is 9.92. The number of fused-ring (bicyclic) bond motifs is 1. The number of aromatic amines is 1. The molecule has 3 heterocycles. The lowest BCUT2D eigenvalue weighted by molar-refractivity contribution is 0.190. The van der Waals surface area contributed by atoms with E-state index < -0.39 is 0 Å². The summed E-state index contributed by atoms with van der Waals surface area (Å²) < 4.78 is 12.8. The number of hydrogen-bond acceptors (Lipinski definition) is 5. The van der Waals surface area contributed by atoms with Crippen LogP contribution in [0.3, 0.4) is 0 Å². The maximum Gasteiger partial charge on any atom is 0.251 e. The molecule has 7 nitrogen and oxygen atoms in total. The van der Waals surface area contributed by atoms with Crippen molar-refractivity contribution in [3.8, 4) is 22.6 Å². The second-order valence-electron chi connectivity index (χ2n) is 8.41. The minimum Gasteiger partial charge on any atom is -0.497 e. The van der Waals surface area contributed by atoms with E-state index >= 15 is 0 Å². The molecule has 30 heavy (non-hydrogen) atoms. The summed E-state index contributed by atoms with van der Waals surface area (Å²) in [5, 5.41) is 4.65. The van der Waals surface area contributed by atoms with Crippen molar-refractivity contribution in [3.05, 3.63) is 46.5 Å². The van der Waals surface area contributed by atoms with Gasteiger partial charge in [0, 0.05) is 29.7 Å². The minimum absolute atomic E-state index is 0.106. The van der Waals surface area contributed by atoms with Gasteiger partial charge in [-0.25, -0.2) is 4.52 Å². The van der Waals surface area contributed by atoms with Gasteiger partial charge in [-0.2, -0.15) is 5.10 Å². The van der Waals surface area contributed by atoms with Gasteiger partial charge in [0.1, 0.15) is 17.1 Å². The van der Waals surface area contributed by atoms with E-state index in [-0.39, 0.29) is 5.56 Å². The van der Waals surface area contributed by atoms with Gasteiger partial charge in [-0.05, 0) is 50.0 Å². The number of likely N-dealkylation sites (tertiary alicyclic amines) is 1. The third-order valence-electron chi connectivity index (χ3n) is 5.86. The molecule has 1 fully saturated rings. The van der Waals surface area contributed by atoms with E-state index in [1.54, 1.807) is 26.5 Å². The average molecular weight is 411 g/mol. The lowest BCUT2D eigenvalue weighted by Gasteiger charge is -2.33. The Balaban J connectivity index is 1.72. The molecule has 160 valence electrons. The molecule has 7 heteroatoms. The summed E-state index contributed by atoms with van der Waals surface area (Å²) in [4.78, 5) is 18.0. The van der Waals surface area contributed by atoms with Crippen LogP contribution in [0.2, 0.25) is 0 Å². The van der Waals surface area contributed by atoms with Gasteiger partial charge in [0.25, 0.3) is 5.56 Å². The number of H-pyrrole nitrogens is 1. The number of aromatic nitrogens is 3. The molecule has 0 spiro atoms. The number of nitrogens with zero attached hydrogens (tertiary/aromatic N) is 3. The normalized spacial score (nSPS) is 15.8. The Kier molecular flexibility index (Phi) is 5.81. The first-order chi connectivity index (χ1) is 14.5. The van der Waals surface area contributed by atoms with Crippen LogP contribution in [0.15, 0.2) is 35.3 Å². The summed E-state index contributed by atoms with van der Waals surface area (Å²) in [6, 6.07) is 7.33. The van der Waals surface area contributed by atoms with Gasteiger partial charge < -0.3 is 19.4 Å². The number of methoxy groups -OCH3 is 2. The topological polar surface area (TPSA) is 71.9 Å². The molecule has 0 atom stereocenters. The third-order valence-corrected chi connectivity index (χ3v) is 5.86. The Labute approximate surface area is 176 Å². The highest BCUT2D eigenvalue weighted by atomic mass is 16.5. The Morgan fingerprint density at radius 3 is 2.57 bits per heavy atom. The predicted octanol–water partition coefficient (Wildman–Crippen LogP) is 3.54. The summed E-state index contributed by atoms with van der Waals surface area (Å²) in [5.41, 5.74) is 3.22. The van der Waals surface area contributed by atoms with Crippen molar-refractivity contribution in [1.29, 1.82) is 0 Å². The van der Waals surface area contributed by atoms with E-state index in [1.165, 1.54) is 0 Å². The Bertz CT molecular complexity index is 1080. The van der Waals surface area contributed by atoms with Crippen LogP contribution >= 0.6 is 0 Å². The monoisotopic (exact) mass is 410 g/mol. The molecule has 2 aromatic heterocycles. The maximum absolute atomic E-state index is 12.6. The first kappa shape index (κ1) is 20.5. The fourth-order valence-corrected chi connectivity index (χ4v) is 4.45. The summed E-state index contributed by atoms with van der Waals surface area (Å²) in [7, 11) is 3.27. The first-order valence-corrected chi connectivity index (χ1v) is 10.6. The molecular weight excluding hydrogens is 380 g/mol. The molecule has 1 aliphatic rings. The Morgan fingerprint density at radius 2 is 1.90 bits per heavy atom. The zero-order valence-electron chi connectivity index (χ0n) is 18.1. The fourth-order valence-electron chi connectivity index (χ4n) is 4.45. The van der Waals surface area contributed by atoms with Crippen molar-refractivity contribution in [3.63, 3.8) is 0 Å². The molecule has 1 N–H and O–H groups in total. The first-order valence-electron chi connectivity index (χ1n) is 10.6. The van der Waals surface area contributed by atoms with E-state index in [9.17, 15) is 4.79 Å². The SMILES string of the molecule is COc1ccc(OC)c(-c2cnn3c(C4CCN(CC(C)C)CC4)cc(=O)[nH]c23)c1. The molecule has 1 aliphatic heterocycles. The van der Waals surface area contributed by atoms with Crippen LogP contribution in [0.1, 0.15) is 38.3 Å². The smallest absolute Gasteiger partial charge is 0.251 e. The molecule has 0 saturated carbocycles. The predicted molar refractivity (Wildman–Crippen MR) is 118 cm³/mol. The van der Waals surface area contributed by atoms with E-state index in [2.05, 4.69) is 28.8 Å². The third kappa shape index (κ3) is 3.94. The standard InChI is InChI=1S/C23H30N4O3/c1-15(2)14-26-9-7-16(8-10-26)20-12-22(28)25-23-19(13-24-27(20)23)18-11-17(29-3)5-6-21(18)30-4/h5-6,11-13,15-16H,7-10,14H2,1-4H3,(H,25,28). The van der Waals surface area contributed by atoms with Crippen molar-refractivity contribution in [2.75, 3.05) is 33.9 Å². The van der Waals surface area contributed by atoms with Gasteiger partial charge >= 0.3 is 0 Å². The lowest BCUT2D eigenvalue weighted by Crippen LogP contribution is -2.36. The van der Waals surface area contributed by atoms with Gasteiger partial charge in [-0.3, -0.25) is 4.79 Å². The summed E-state index contributed by atoms with van der Waals surface area (Å²) in [6.07, 6.45) is 3.85. The molecule has 0 bridgehead atoms. The van der Waals surface area contributed by atoms with Gasteiger partial charge in [0.05, 0.1) is 26.1 Å². The Morgan fingerprint density at radius 1 is 1.13 bits per heavy atom. The highest BCUT2D eigenvalue weighted by Gasteiger charge is 2.25. The second-order valence-corrected chi connectivity index (χ2v) is 8.41. The van der Waals surface area contributed by atoms with E-state index in [1.807, 2.05) is 22.7 Å². The summed E-state index contributed by atoms with van der Waals surface area (Å²) >= 11 is 0. The van der Waals surface area contributed by atoms with Crippen LogP contribution in [-0.2, 0) is 0 Å². The zero-order valence-corrected chi connectivity index (χ0v) is 18.1. The van der Waals surface area contributed by atoms with E-state index in [0.29, 0.717) is 23.2 Å². The van der Waals surface area contributed by atoms with Crippen molar-refractivity contribution >= 4 is 5.65 Å². The molecule has 4 rings (SSSR count). The molecular formula is C23H30N4O3. The molecule has 0 aliphatic carbocycles. The van der Waals surface area contributed by atoms with Crippen LogP contribution in [0.5, 0.6) is 11.5 Å². The van der Waals surface area contributed by atoms with Gasteiger partial charge in [0.2, 0.25) is 0 Å². The number of ether oxygens (including phenoxy) is 2. The molecule has 0 radical (unpaired) electrons. The van der Waals surface area contributed by atoms with Crippen LogP contribution in [0.25, 0.3) is 16.8 Å². The number of nitrogens with one attached hydrogen (secondary N) is 1. The largest absolute Gasteiger partial charge is 0.497 e. The van der Waals surface area contributed by atoms with Gasteiger partial charge in [-0.1, -0.05) is 13.8 Å². The van der Waals surface area contributed by atoms with Crippen molar-refractivity contribution < 1.29 is 9.47 Å². The maximum atomic E-state index is 12.6. The number of piperidine rings is 1. The van der Waals surface area contributed by atoms with Crippen LogP contribution in [-0.4, -0.2) is 53.4 Å². The highest BCUT2D eigenvalue weighted by molar-refractivity contribution is 5.82. The summed E-state index contributed by atoms with van der Waals surface area (Å²) in [5.74, 6) is 2.41. The molecule has 3 aromatic rings. The molecule has 0 unspecified atom stereocenters. The van der Waals surface area contributed by atoms with Crippen LogP contribution < -0.4 is 15.0 Å². The quantitative estimate of drug-likeness (QED) is 0.673. The van der Waals surface area contributed by atoms with Crippen LogP contribution in [0, 0.1) is 5.92 Å². The van der Waals surface area contributed by atoms with E-state index in [0.717, 1.165) is 55.0 Å². The zero-order chi connectivity index (χ0) is 21.3. The van der Waals surface area contributed by atoms with Crippen molar-refractivity contribution in [1.82, 2.24) is 19.5 Å². The van der Waals surface area contributed by atoms with Gasteiger partial charge in [0.15, 0.2) is 0 Å². The fraction of sp³-hybridized carbons (Fsp3) is 0.478. The number of rotatable bonds is 6.